The number of carbonyl (C=O) groups is 1. The van der Waals surface area contributed by atoms with Crippen molar-refractivity contribution in [2.45, 2.75) is 19.3 Å². The van der Waals surface area contributed by atoms with Crippen LogP contribution in [0.1, 0.15) is 12.8 Å². The average Bonchev–Trinajstić information content (AvgIpc) is 3.43. The highest BCUT2D eigenvalue weighted by Crippen LogP contribution is 2.33. The maximum absolute atomic E-state index is 13.2. The summed E-state index contributed by atoms with van der Waals surface area (Å²) >= 11 is 0. The molecule has 9 heteroatoms. The van der Waals surface area contributed by atoms with Crippen molar-refractivity contribution in [3.63, 3.8) is 0 Å². The molecular weight excluding hydrogens is 352 g/mol. The Balaban J connectivity index is 1.89. The Morgan fingerprint density at radius 1 is 1.19 bits per heavy atom. The van der Waals surface area contributed by atoms with Crippen LogP contribution in [0.4, 0.5) is 23.2 Å². The van der Waals surface area contributed by atoms with Gasteiger partial charge in [-0.25, -0.2) is 17.6 Å². The van der Waals surface area contributed by atoms with Crippen molar-refractivity contribution in [2.75, 3.05) is 5.32 Å². The van der Waals surface area contributed by atoms with Crippen molar-refractivity contribution in [2.24, 2.45) is 0 Å². The first-order valence-electron chi connectivity index (χ1n) is 7.66. The lowest BCUT2D eigenvalue weighted by atomic mass is 10.2. The van der Waals surface area contributed by atoms with Crippen LogP contribution in [0.25, 0.3) is 0 Å². The van der Waals surface area contributed by atoms with Crippen LogP contribution in [-0.4, -0.2) is 18.5 Å². The lowest BCUT2D eigenvalue weighted by Crippen LogP contribution is -2.36. The molecule has 26 heavy (non-hydrogen) atoms. The monoisotopic (exact) mass is 366 g/mol. The first-order chi connectivity index (χ1) is 12.4. The van der Waals surface area contributed by atoms with Gasteiger partial charge in [-0.2, -0.15) is 0 Å². The van der Waals surface area contributed by atoms with Crippen molar-refractivity contribution in [1.82, 2.24) is 10.6 Å². The molecule has 1 heterocycles. The number of hydrogen-bond acceptors (Lipinski definition) is 4. The van der Waals surface area contributed by atoms with Crippen LogP contribution in [0.15, 0.2) is 52.6 Å². The van der Waals surface area contributed by atoms with E-state index in [9.17, 15) is 22.4 Å². The van der Waals surface area contributed by atoms with Gasteiger partial charge in [0.15, 0.2) is 11.6 Å². The molecule has 5 nitrogen and oxygen atoms in total. The number of carbonyl (C=O) groups excluding carboxylic acids is 1. The van der Waals surface area contributed by atoms with E-state index in [0.29, 0.717) is 11.9 Å². The Labute approximate surface area is 146 Å². The van der Waals surface area contributed by atoms with Crippen LogP contribution in [0.3, 0.4) is 0 Å². The quantitative estimate of drug-likeness (QED) is 0.376. The van der Waals surface area contributed by atoms with Crippen molar-refractivity contribution in [3.8, 4) is 0 Å². The first kappa shape index (κ1) is 17.7. The van der Waals surface area contributed by atoms with Crippen LogP contribution in [0.2, 0.25) is 0 Å². The maximum atomic E-state index is 13.2. The van der Waals surface area contributed by atoms with Gasteiger partial charge in [0.25, 0.3) is 12.3 Å². The molecular formula is C17H14F4N4O. The van der Waals surface area contributed by atoms with Gasteiger partial charge in [-0.1, -0.05) is 0 Å². The molecule has 0 atom stereocenters. The zero-order valence-corrected chi connectivity index (χ0v) is 13.3. The number of allylic oxidation sites excluding steroid dienone is 3. The summed E-state index contributed by atoms with van der Waals surface area (Å²) in [5, 5.41) is 15.0. The van der Waals surface area contributed by atoms with Crippen LogP contribution >= 0.6 is 0 Å². The first-order valence-corrected chi connectivity index (χ1v) is 7.66. The van der Waals surface area contributed by atoms with E-state index in [1.54, 1.807) is 0 Å². The van der Waals surface area contributed by atoms with E-state index in [1.165, 1.54) is 6.08 Å². The third-order valence-electron chi connectivity index (χ3n) is 3.78. The number of nitrogens with one attached hydrogen (secondary N) is 4. The molecule has 136 valence electrons. The van der Waals surface area contributed by atoms with Gasteiger partial charge >= 0.3 is 0 Å². The molecule has 1 aromatic rings. The summed E-state index contributed by atoms with van der Waals surface area (Å²) in [4.78, 5) is 12.4. The smallest absolute Gasteiger partial charge is 0.278 e. The molecule has 0 unspecified atom stereocenters. The highest BCUT2D eigenvalue weighted by molar-refractivity contribution is 6.17. The van der Waals surface area contributed by atoms with Gasteiger partial charge in [0.1, 0.15) is 5.82 Å². The molecule has 1 saturated carbocycles. The second-order valence-electron chi connectivity index (χ2n) is 5.68. The SMILES string of the molecule is N=C/C(C(=O)Nc1ccc(F)c(F)c1)=C1\NC(C(F)F)=CC(=C2CC2)N1. The molecule has 1 fully saturated rings. The standard InChI is InChI=1S/C17H14F4N4O/c18-11-4-3-9(5-12(11)19)23-17(26)10(7-22)16-24-13(8-1-2-8)6-14(25-16)15(20)21/h3-7,15,22,24-25H,1-2H2,(H,23,26)/b16-10+,22-7?. The summed E-state index contributed by atoms with van der Waals surface area (Å²) in [5.41, 5.74) is 0.712. The molecule has 0 radical (unpaired) electrons. The van der Waals surface area contributed by atoms with E-state index in [4.69, 9.17) is 5.41 Å². The van der Waals surface area contributed by atoms with E-state index >= 15 is 0 Å². The number of anilines is 1. The van der Waals surface area contributed by atoms with Crippen molar-refractivity contribution >= 4 is 17.8 Å². The summed E-state index contributed by atoms with van der Waals surface area (Å²) in [6.45, 7) is 0. The molecule has 0 spiro atoms. The van der Waals surface area contributed by atoms with Gasteiger partial charge in [-0.3, -0.25) is 4.79 Å². The fraction of sp³-hybridized carbons (Fsp3) is 0.176. The molecule has 2 aliphatic rings. The highest BCUT2D eigenvalue weighted by atomic mass is 19.3. The molecule has 1 aromatic carbocycles. The number of hydrogen-bond donors (Lipinski definition) is 4. The number of amides is 1. The summed E-state index contributed by atoms with van der Waals surface area (Å²) in [5.74, 6) is -3.13. The number of benzene rings is 1. The van der Waals surface area contributed by atoms with Gasteiger partial charge < -0.3 is 21.4 Å². The number of halogens is 4. The maximum Gasteiger partial charge on any atom is 0.278 e. The molecule has 1 aliphatic heterocycles. The van der Waals surface area contributed by atoms with Crippen LogP contribution in [-0.2, 0) is 4.79 Å². The number of alkyl halides is 2. The summed E-state index contributed by atoms with van der Waals surface area (Å²) < 4.78 is 52.4. The van der Waals surface area contributed by atoms with Crippen LogP contribution in [0.5, 0.6) is 0 Å². The fourth-order valence-corrected chi connectivity index (χ4v) is 2.34. The van der Waals surface area contributed by atoms with Crippen molar-refractivity contribution < 1.29 is 22.4 Å². The van der Waals surface area contributed by atoms with Crippen LogP contribution < -0.4 is 16.0 Å². The van der Waals surface area contributed by atoms with E-state index in [2.05, 4.69) is 16.0 Å². The zero-order chi connectivity index (χ0) is 18.8. The summed E-state index contributed by atoms with van der Waals surface area (Å²) in [7, 11) is 0. The third-order valence-corrected chi connectivity index (χ3v) is 3.78. The Morgan fingerprint density at radius 2 is 1.92 bits per heavy atom. The molecule has 0 aromatic heterocycles. The Hall–Kier alpha value is -3.10. The predicted molar refractivity (Wildman–Crippen MR) is 87.4 cm³/mol. The summed E-state index contributed by atoms with van der Waals surface area (Å²) in [6, 6.07) is 2.77. The van der Waals surface area contributed by atoms with E-state index < -0.39 is 29.7 Å². The Kier molecular flexibility index (Phi) is 4.79. The Morgan fingerprint density at radius 3 is 2.50 bits per heavy atom. The minimum absolute atomic E-state index is 0.0324. The third kappa shape index (κ3) is 3.76. The van der Waals surface area contributed by atoms with E-state index in [-0.39, 0.29) is 17.1 Å². The van der Waals surface area contributed by atoms with Gasteiger partial charge in [-0.15, -0.1) is 0 Å². The normalized spacial score (nSPS) is 18.0. The average molecular weight is 366 g/mol. The van der Waals surface area contributed by atoms with Crippen molar-refractivity contribution in [3.05, 3.63) is 64.3 Å². The largest absolute Gasteiger partial charge is 0.341 e. The minimum Gasteiger partial charge on any atom is -0.341 e. The predicted octanol–water partition coefficient (Wildman–Crippen LogP) is 3.15. The summed E-state index contributed by atoms with van der Waals surface area (Å²) in [6.07, 6.45) is 0.704. The number of rotatable bonds is 4. The molecule has 0 bridgehead atoms. The second-order valence-corrected chi connectivity index (χ2v) is 5.68. The van der Waals surface area contributed by atoms with Gasteiger partial charge in [0.2, 0.25) is 0 Å². The molecule has 4 N–H and O–H groups in total. The van der Waals surface area contributed by atoms with Gasteiger partial charge in [-0.05, 0) is 36.6 Å². The lowest BCUT2D eigenvalue weighted by Gasteiger charge is -2.24. The lowest BCUT2D eigenvalue weighted by molar-refractivity contribution is -0.112. The second kappa shape index (κ2) is 7.03. The fourth-order valence-electron chi connectivity index (χ4n) is 2.34. The van der Waals surface area contributed by atoms with E-state index in [1.807, 2.05) is 0 Å². The zero-order valence-electron chi connectivity index (χ0n) is 13.3. The molecule has 1 amide bonds. The molecule has 1 aliphatic carbocycles. The van der Waals surface area contributed by atoms with Gasteiger partial charge in [0.05, 0.1) is 11.3 Å². The highest BCUT2D eigenvalue weighted by Gasteiger charge is 2.26. The van der Waals surface area contributed by atoms with Crippen molar-refractivity contribution in [1.29, 1.82) is 5.41 Å². The van der Waals surface area contributed by atoms with Crippen LogP contribution in [0, 0.1) is 17.0 Å². The Bertz CT molecular complexity index is 868. The molecule has 3 rings (SSSR count). The minimum atomic E-state index is -2.79. The van der Waals surface area contributed by atoms with Gasteiger partial charge in [0, 0.05) is 23.7 Å². The topological polar surface area (TPSA) is 77.0 Å². The van der Waals surface area contributed by atoms with E-state index in [0.717, 1.165) is 36.6 Å². The molecule has 0 saturated heterocycles.